The lowest BCUT2D eigenvalue weighted by atomic mass is 10.2. The molecule has 1 aliphatic carbocycles. The largest absolute Gasteiger partial charge is 0.398 e. The first kappa shape index (κ1) is 9.84. The van der Waals surface area contributed by atoms with E-state index >= 15 is 0 Å². The van der Waals surface area contributed by atoms with Crippen molar-refractivity contribution in [2.75, 3.05) is 10.6 Å². The van der Waals surface area contributed by atoms with Crippen molar-refractivity contribution in [3.8, 4) is 0 Å². The van der Waals surface area contributed by atoms with E-state index in [1.807, 2.05) is 0 Å². The molecule has 1 heterocycles. The van der Waals surface area contributed by atoms with Crippen molar-refractivity contribution < 1.29 is 9.59 Å². The molecule has 0 bridgehead atoms. The fourth-order valence-electron chi connectivity index (χ4n) is 2.11. The Kier molecular flexibility index (Phi) is 1.89. The average Bonchev–Trinajstić information content (AvgIpc) is 2.98. The number of imide groups is 1. The van der Waals surface area contributed by atoms with Crippen LogP contribution in [0, 0.1) is 11.8 Å². The zero-order valence-corrected chi connectivity index (χ0v) is 9.90. The molecule has 2 atom stereocenters. The highest BCUT2D eigenvalue weighted by Crippen LogP contribution is 2.48. The zero-order valence-electron chi connectivity index (χ0n) is 8.31. The molecule has 1 aromatic carbocycles. The maximum Gasteiger partial charge on any atom is 0.237 e. The van der Waals surface area contributed by atoms with E-state index in [0.717, 1.165) is 10.9 Å². The number of benzene rings is 1. The number of piperidine rings is 1. The predicted octanol–water partition coefficient (Wildman–Crippen LogP) is 1.54. The van der Waals surface area contributed by atoms with Crippen molar-refractivity contribution >= 4 is 39.1 Å². The normalized spacial score (nSPS) is 27.2. The minimum absolute atomic E-state index is 0.0719. The third kappa shape index (κ3) is 1.21. The van der Waals surface area contributed by atoms with Crippen LogP contribution in [0.1, 0.15) is 6.42 Å². The molecule has 16 heavy (non-hydrogen) atoms. The van der Waals surface area contributed by atoms with Gasteiger partial charge in [0.25, 0.3) is 0 Å². The van der Waals surface area contributed by atoms with Gasteiger partial charge >= 0.3 is 0 Å². The van der Waals surface area contributed by atoms with Gasteiger partial charge in [0.15, 0.2) is 0 Å². The van der Waals surface area contributed by atoms with E-state index in [-0.39, 0.29) is 23.7 Å². The highest BCUT2D eigenvalue weighted by Gasteiger charge is 2.59. The fraction of sp³-hybridized carbons (Fsp3) is 0.273. The Hall–Kier alpha value is -1.36. The van der Waals surface area contributed by atoms with Gasteiger partial charge in [0.1, 0.15) is 0 Å². The molecule has 1 aromatic rings. The first-order chi connectivity index (χ1) is 7.59. The summed E-state index contributed by atoms with van der Waals surface area (Å²) in [6, 6.07) is 5.11. The number of anilines is 2. The highest BCUT2D eigenvalue weighted by molar-refractivity contribution is 9.10. The van der Waals surface area contributed by atoms with E-state index in [4.69, 9.17) is 5.73 Å². The molecule has 1 saturated carbocycles. The molecule has 4 nitrogen and oxygen atoms in total. The quantitative estimate of drug-likeness (QED) is 0.627. The number of hydrogen-bond donors (Lipinski definition) is 1. The lowest BCUT2D eigenvalue weighted by Gasteiger charge is -2.17. The van der Waals surface area contributed by atoms with Crippen molar-refractivity contribution in [1.29, 1.82) is 0 Å². The summed E-state index contributed by atoms with van der Waals surface area (Å²) in [5.74, 6) is -0.316. The Morgan fingerprint density at radius 2 is 1.88 bits per heavy atom. The molecule has 2 aliphatic rings. The van der Waals surface area contributed by atoms with Gasteiger partial charge in [-0.2, -0.15) is 0 Å². The number of carbonyl (C=O) groups excluding carboxylic acids is 2. The third-order valence-electron chi connectivity index (χ3n) is 3.10. The Morgan fingerprint density at radius 1 is 1.25 bits per heavy atom. The number of hydrogen-bond acceptors (Lipinski definition) is 3. The van der Waals surface area contributed by atoms with Crippen molar-refractivity contribution in [1.82, 2.24) is 0 Å². The van der Waals surface area contributed by atoms with Crippen LogP contribution in [0.25, 0.3) is 0 Å². The van der Waals surface area contributed by atoms with E-state index < -0.39 is 0 Å². The molecule has 2 amide bonds. The van der Waals surface area contributed by atoms with Crippen LogP contribution in [-0.2, 0) is 9.59 Å². The van der Waals surface area contributed by atoms with Crippen molar-refractivity contribution in [3.63, 3.8) is 0 Å². The van der Waals surface area contributed by atoms with Crippen LogP contribution >= 0.6 is 15.9 Å². The molecule has 2 N–H and O–H groups in total. The number of nitrogens with two attached hydrogens (primary N) is 1. The van der Waals surface area contributed by atoms with Crippen LogP contribution in [0.15, 0.2) is 22.7 Å². The molecule has 1 aliphatic heterocycles. The van der Waals surface area contributed by atoms with Crippen molar-refractivity contribution in [3.05, 3.63) is 22.7 Å². The Balaban J connectivity index is 2.01. The lowest BCUT2D eigenvalue weighted by Crippen LogP contribution is -2.32. The summed E-state index contributed by atoms with van der Waals surface area (Å²) in [4.78, 5) is 24.9. The molecular formula is C11H9BrN2O2. The van der Waals surface area contributed by atoms with Crippen molar-refractivity contribution in [2.45, 2.75) is 6.42 Å². The van der Waals surface area contributed by atoms with Crippen LogP contribution in [0.4, 0.5) is 11.4 Å². The molecule has 0 aromatic heterocycles. The second-order valence-electron chi connectivity index (χ2n) is 4.17. The Bertz CT molecular complexity index is 495. The van der Waals surface area contributed by atoms with Gasteiger partial charge in [-0.3, -0.25) is 9.59 Å². The maximum atomic E-state index is 11.8. The fourth-order valence-corrected chi connectivity index (χ4v) is 2.35. The Labute approximate surface area is 101 Å². The summed E-state index contributed by atoms with van der Waals surface area (Å²) >= 11 is 3.28. The minimum Gasteiger partial charge on any atom is -0.398 e. The number of carbonyl (C=O) groups is 2. The standard InChI is InChI=1S/C11H9BrN2O2/c12-8-2-1-5(3-9(8)13)14-10(15)6-4-7(6)11(14)16/h1-3,6-7H,4,13H2. The zero-order chi connectivity index (χ0) is 11.4. The molecule has 2 unspecified atom stereocenters. The second kappa shape index (κ2) is 3.07. The summed E-state index contributed by atoms with van der Waals surface area (Å²) in [6.45, 7) is 0. The number of nitrogens with zero attached hydrogens (tertiary/aromatic N) is 1. The van der Waals surface area contributed by atoms with E-state index in [2.05, 4.69) is 15.9 Å². The van der Waals surface area contributed by atoms with E-state index in [0.29, 0.717) is 11.4 Å². The number of halogens is 1. The summed E-state index contributed by atoms with van der Waals surface area (Å²) in [7, 11) is 0. The van der Waals surface area contributed by atoms with Gasteiger partial charge in [-0.25, -0.2) is 4.90 Å². The van der Waals surface area contributed by atoms with Crippen LogP contribution in [0.5, 0.6) is 0 Å². The van der Waals surface area contributed by atoms with Gasteiger partial charge in [-0.05, 0) is 40.5 Å². The van der Waals surface area contributed by atoms with Gasteiger partial charge < -0.3 is 5.73 Å². The van der Waals surface area contributed by atoms with Crippen molar-refractivity contribution in [2.24, 2.45) is 11.8 Å². The topological polar surface area (TPSA) is 63.4 Å². The lowest BCUT2D eigenvalue weighted by molar-refractivity contribution is -0.123. The minimum atomic E-state index is -0.0864. The van der Waals surface area contributed by atoms with Gasteiger partial charge in [-0.15, -0.1) is 0 Å². The smallest absolute Gasteiger partial charge is 0.237 e. The molecule has 0 radical (unpaired) electrons. The molecule has 2 fully saturated rings. The highest BCUT2D eigenvalue weighted by atomic mass is 79.9. The number of amides is 2. The first-order valence-corrected chi connectivity index (χ1v) is 5.81. The Morgan fingerprint density at radius 3 is 2.44 bits per heavy atom. The number of rotatable bonds is 1. The summed E-state index contributed by atoms with van der Waals surface area (Å²) < 4.78 is 0.764. The third-order valence-corrected chi connectivity index (χ3v) is 3.83. The summed E-state index contributed by atoms with van der Waals surface area (Å²) in [6.07, 6.45) is 0.722. The summed E-state index contributed by atoms with van der Waals surface area (Å²) in [5, 5.41) is 0. The molecule has 3 rings (SSSR count). The van der Waals surface area contributed by atoms with Crippen LogP contribution < -0.4 is 10.6 Å². The summed E-state index contributed by atoms with van der Waals surface area (Å²) in [5.41, 5.74) is 6.83. The van der Waals surface area contributed by atoms with Crippen LogP contribution in [-0.4, -0.2) is 11.8 Å². The van der Waals surface area contributed by atoms with Crippen LogP contribution in [0.3, 0.4) is 0 Å². The van der Waals surface area contributed by atoms with E-state index in [1.54, 1.807) is 18.2 Å². The van der Waals surface area contributed by atoms with Gasteiger partial charge in [0.2, 0.25) is 11.8 Å². The molecular weight excluding hydrogens is 272 g/mol. The first-order valence-electron chi connectivity index (χ1n) is 5.02. The SMILES string of the molecule is Nc1cc(N2C(=O)C3CC3C2=O)ccc1Br. The van der Waals surface area contributed by atoms with Gasteiger partial charge in [0, 0.05) is 10.2 Å². The van der Waals surface area contributed by atoms with E-state index in [1.165, 1.54) is 4.90 Å². The number of fused-ring (bicyclic) bond motifs is 1. The maximum absolute atomic E-state index is 11.8. The molecule has 82 valence electrons. The van der Waals surface area contributed by atoms with Crippen LogP contribution in [0.2, 0.25) is 0 Å². The van der Waals surface area contributed by atoms with Gasteiger partial charge in [-0.1, -0.05) is 0 Å². The molecule has 1 saturated heterocycles. The second-order valence-corrected chi connectivity index (χ2v) is 5.02. The average molecular weight is 281 g/mol. The molecule has 0 spiro atoms. The molecule has 5 heteroatoms. The monoisotopic (exact) mass is 280 g/mol. The van der Waals surface area contributed by atoms with Gasteiger partial charge in [0.05, 0.1) is 17.5 Å². The number of nitrogen functional groups attached to an aromatic ring is 1. The predicted molar refractivity (Wildman–Crippen MR) is 62.6 cm³/mol. The van der Waals surface area contributed by atoms with E-state index in [9.17, 15) is 9.59 Å².